The highest BCUT2D eigenvalue weighted by Crippen LogP contribution is 2.18. The van der Waals surface area contributed by atoms with Crippen LogP contribution in [-0.2, 0) is 14.8 Å². The van der Waals surface area contributed by atoms with Crippen LogP contribution in [0.15, 0.2) is 4.99 Å². The summed E-state index contributed by atoms with van der Waals surface area (Å²) in [4.78, 5) is 20.7. The molecule has 1 atom stereocenters. The molecule has 2 aliphatic rings. The molecule has 1 fully saturated rings. The Labute approximate surface area is 179 Å². The summed E-state index contributed by atoms with van der Waals surface area (Å²) < 4.78 is 30.7. The van der Waals surface area contributed by atoms with Crippen molar-refractivity contribution in [2.45, 2.75) is 45.8 Å². The second kappa shape index (κ2) is 10.1. The third-order valence-electron chi connectivity index (χ3n) is 4.20. The molecule has 2 aliphatic heterocycles. The summed E-state index contributed by atoms with van der Waals surface area (Å²) in [6.45, 7) is 10.8. The lowest BCUT2D eigenvalue weighted by Gasteiger charge is -2.39. The highest BCUT2D eigenvalue weighted by atomic mass is 127. The van der Waals surface area contributed by atoms with Crippen LogP contribution >= 0.6 is 24.0 Å². The second-order valence-electron chi connectivity index (χ2n) is 7.52. The molecule has 0 bridgehead atoms. The van der Waals surface area contributed by atoms with Gasteiger partial charge in [0.15, 0.2) is 5.96 Å². The maximum absolute atomic E-state index is 12.2. The number of aliphatic imine (C=N–C) groups is 1. The molecule has 0 aromatic carbocycles. The van der Waals surface area contributed by atoms with Gasteiger partial charge in [0, 0.05) is 32.7 Å². The average molecular weight is 517 g/mol. The minimum Gasteiger partial charge on any atom is -0.444 e. The number of hydrogen-bond acceptors (Lipinski definition) is 7. The summed E-state index contributed by atoms with van der Waals surface area (Å²) in [6, 6.07) is 0.164. The molecule has 1 amide bonds. The number of guanidine groups is 1. The van der Waals surface area contributed by atoms with Crippen molar-refractivity contribution in [3.8, 4) is 0 Å². The monoisotopic (exact) mass is 517 g/mol. The van der Waals surface area contributed by atoms with Gasteiger partial charge in [-0.05, 0) is 34.1 Å². The van der Waals surface area contributed by atoms with Crippen LogP contribution in [0.5, 0.6) is 0 Å². The quantitative estimate of drug-likeness (QED) is 0.400. The van der Waals surface area contributed by atoms with E-state index in [0.29, 0.717) is 45.7 Å². The van der Waals surface area contributed by atoms with Crippen molar-refractivity contribution in [3.05, 3.63) is 0 Å². The summed E-state index contributed by atoms with van der Waals surface area (Å²) >= 11 is 0. The molecule has 0 aliphatic carbocycles. The van der Waals surface area contributed by atoms with Gasteiger partial charge in [0.05, 0.1) is 18.3 Å². The van der Waals surface area contributed by atoms with E-state index in [9.17, 15) is 13.2 Å². The first kappa shape index (κ1) is 24.2. The van der Waals surface area contributed by atoms with Crippen LogP contribution in [0.4, 0.5) is 4.79 Å². The van der Waals surface area contributed by atoms with E-state index in [4.69, 9.17) is 4.74 Å². The Morgan fingerprint density at radius 1 is 1.30 bits per heavy atom. The van der Waals surface area contributed by atoms with E-state index in [-0.39, 0.29) is 41.9 Å². The summed E-state index contributed by atoms with van der Waals surface area (Å²) in [6.07, 6.45) is 0.405. The van der Waals surface area contributed by atoms with Gasteiger partial charge in [-0.1, -0.05) is 0 Å². The molecule has 0 saturated carbocycles. The molecule has 0 radical (unpaired) electrons. The molecule has 2 N–H and O–H groups in total. The van der Waals surface area contributed by atoms with Gasteiger partial charge in [-0.25, -0.2) is 17.9 Å². The number of nitrogens with one attached hydrogen (secondary N) is 2. The van der Waals surface area contributed by atoms with Gasteiger partial charge in [-0.15, -0.1) is 24.0 Å². The molecule has 2 heterocycles. The van der Waals surface area contributed by atoms with Crippen molar-refractivity contribution in [1.29, 1.82) is 0 Å². The Morgan fingerprint density at radius 2 is 2.00 bits per heavy atom. The fraction of sp³-hybridized carbons (Fsp3) is 0.875. The van der Waals surface area contributed by atoms with E-state index < -0.39 is 15.6 Å². The zero-order valence-electron chi connectivity index (χ0n) is 16.5. The van der Waals surface area contributed by atoms with Gasteiger partial charge >= 0.3 is 6.09 Å². The number of amides is 1. The first-order chi connectivity index (χ1) is 12.1. The molecule has 27 heavy (non-hydrogen) atoms. The van der Waals surface area contributed by atoms with Gasteiger partial charge in [-0.2, -0.15) is 0 Å². The molecular formula is C16H32IN5O4S. The Kier molecular flexibility index (Phi) is 9.06. The molecule has 11 heteroatoms. The summed E-state index contributed by atoms with van der Waals surface area (Å²) in [5.74, 6) is 0.925. The highest BCUT2D eigenvalue weighted by molar-refractivity contribution is 14.0. The van der Waals surface area contributed by atoms with Crippen molar-refractivity contribution in [2.75, 3.05) is 45.0 Å². The van der Waals surface area contributed by atoms with Gasteiger partial charge in [0.25, 0.3) is 0 Å². The van der Waals surface area contributed by atoms with E-state index in [1.165, 1.54) is 0 Å². The summed E-state index contributed by atoms with van der Waals surface area (Å²) in [5, 5.41) is 3.27. The van der Waals surface area contributed by atoms with Crippen LogP contribution in [0.1, 0.15) is 34.1 Å². The van der Waals surface area contributed by atoms with Gasteiger partial charge in [0.1, 0.15) is 5.60 Å². The Morgan fingerprint density at radius 3 is 2.63 bits per heavy atom. The van der Waals surface area contributed by atoms with Gasteiger partial charge in [-0.3, -0.25) is 4.99 Å². The third kappa shape index (κ3) is 7.60. The van der Waals surface area contributed by atoms with Crippen molar-refractivity contribution in [3.63, 3.8) is 0 Å². The minimum absolute atomic E-state index is 0. The van der Waals surface area contributed by atoms with Crippen molar-refractivity contribution in [1.82, 2.24) is 19.8 Å². The van der Waals surface area contributed by atoms with Crippen LogP contribution in [0.25, 0.3) is 0 Å². The zero-order valence-corrected chi connectivity index (χ0v) is 19.7. The Balaban J connectivity index is 0.00000364. The molecule has 0 spiro atoms. The Bertz CT molecular complexity index is 635. The number of halogens is 1. The predicted molar refractivity (Wildman–Crippen MR) is 116 cm³/mol. The lowest BCUT2D eigenvalue weighted by atomic mass is 10.2. The maximum Gasteiger partial charge on any atom is 0.410 e. The summed E-state index contributed by atoms with van der Waals surface area (Å²) in [7, 11) is -3.13. The molecular weight excluding hydrogens is 485 g/mol. The molecule has 2 rings (SSSR count). The second-order valence-corrected chi connectivity index (χ2v) is 9.61. The van der Waals surface area contributed by atoms with Crippen LogP contribution < -0.4 is 10.0 Å². The van der Waals surface area contributed by atoms with Crippen LogP contribution in [-0.4, -0.2) is 86.9 Å². The fourth-order valence-electron chi connectivity index (χ4n) is 2.84. The first-order valence-electron chi connectivity index (χ1n) is 9.11. The fourth-order valence-corrected chi connectivity index (χ4v) is 3.50. The van der Waals surface area contributed by atoms with E-state index >= 15 is 0 Å². The average Bonchev–Trinajstić information content (AvgIpc) is 2.95. The number of carbonyl (C=O) groups excluding carboxylic acids is 1. The number of sulfonamides is 1. The largest absolute Gasteiger partial charge is 0.444 e. The molecule has 1 saturated heterocycles. The first-order valence-corrected chi connectivity index (χ1v) is 10.8. The van der Waals surface area contributed by atoms with Crippen molar-refractivity contribution in [2.24, 2.45) is 4.99 Å². The zero-order chi connectivity index (χ0) is 19.4. The minimum atomic E-state index is -3.13. The van der Waals surface area contributed by atoms with Gasteiger partial charge < -0.3 is 19.9 Å². The lowest BCUT2D eigenvalue weighted by Crippen LogP contribution is -2.57. The summed E-state index contributed by atoms with van der Waals surface area (Å²) in [5.41, 5.74) is -0.494. The molecule has 0 aromatic rings. The van der Waals surface area contributed by atoms with E-state index in [1.807, 2.05) is 20.8 Å². The predicted octanol–water partition coefficient (Wildman–Crippen LogP) is 0.814. The molecule has 0 aromatic heterocycles. The number of ether oxygens (including phenoxy) is 1. The molecule has 9 nitrogen and oxygen atoms in total. The highest BCUT2D eigenvalue weighted by Gasteiger charge is 2.36. The molecule has 158 valence electrons. The number of nitrogens with zero attached hydrogens (tertiary/aromatic N) is 3. The number of piperazine rings is 1. The maximum atomic E-state index is 12.2. The number of rotatable bonds is 6. The topological polar surface area (TPSA) is 103 Å². The van der Waals surface area contributed by atoms with E-state index in [1.54, 1.807) is 11.8 Å². The van der Waals surface area contributed by atoms with E-state index in [2.05, 4.69) is 19.9 Å². The SMILES string of the molecule is CCS(=O)(=O)NCCCNC1=NCC2CN(C(=O)OC(C)(C)C)CCN12.I. The van der Waals surface area contributed by atoms with Crippen LogP contribution in [0, 0.1) is 0 Å². The number of fused-ring (bicyclic) bond motifs is 1. The smallest absolute Gasteiger partial charge is 0.410 e. The number of hydrogen-bond donors (Lipinski definition) is 2. The van der Waals surface area contributed by atoms with Crippen molar-refractivity contribution < 1.29 is 17.9 Å². The van der Waals surface area contributed by atoms with Crippen LogP contribution in [0.3, 0.4) is 0 Å². The normalized spacial score (nSPS) is 19.9. The lowest BCUT2D eigenvalue weighted by molar-refractivity contribution is 0.0137. The number of carbonyl (C=O) groups is 1. The standard InChI is InChI=1S/C16H31N5O4S.HI/c1-5-26(23,24)19-8-6-7-17-14-18-11-13-12-20(9-10-21(13)14)15(22)25-16(2,3)4;/h13,19H,5-12H2,1-4H3,(H,17,18);1H. The van der Waals surface area contributed by atoms with Crippen LogP contribution in [0.2, 0.25) is 0 Å². The van der Waals surface area contributed by atoms with Gasteiger partial charge in [0.2, 0.25) is 10.0 Å². The molecule has 1 unspecified atom stereocenters. The van der Waals surface area contributed by atoms with E-state index in [0.717, 1.165) is 5.96 Å². The van der Waals surface area contributed by atoms with Crippen molar-refractivity contribution >= 4 is 46.1 Å². The Hall–Kier alpha value is -0.820. The third-order valence-corrected chi connectivity index (χ3v) is 5.60.